The van der Waals surface area contributed by atoms with E-state index in [4.69, 9.17) is 11.2 Å². The molecule has 2 aliphatic rings. The van der Waals surface area contributed by atoms with Crippen LogP contribution in [0.25, 0.3) is 0 Å². The van der Waals surface area contributed by atoms with Gasteiger partial charge in [0.25, 0.3) is 0 Å². The van der Waals surface area contributed by atoms with Gasteiger partial charge in [0, 0.05) is 26.6 Å². The van der Waals surface area contributed by atoms with E-state index in [2.05, 4.69) is 11.2 Å². The Balaban J connectivity index is 1.92. The predicted molar refractivity (Wildman–Crippen MR) is 79.4 cm³/mol. The van der Waals surface area contributed by atoms with Gasteiger partial charge in [-0.15, -0.1) is 6.42 Å². The first-order valence-electron chi connectivity index (χ1n) is 7.67. The maximum Gasteiger partial charge on any atom is 0.226 e. The summed E-state index contributed by atoms with van der Waals surface area (Å²) in [6.45, 7) is 1.50. The van der Waals surface area contributed by atoms with Crippen molar-refractivity contribution in [3.63, 3.8) is 0 Å². The lowest BCUT2D eigenvalue weighted by Gasteiger charge is -2.34. The molecular formula is C16H24N2O3. The lowest BCUT2D eigenvalue weighted by molar-refractivity contribution is -0.129. The first kappa shape index (κ1) is 15.8. The number of hydrogen-bond donors (Lipinski definition) is 1. The zero-order valence-electron chi connectivity index (χ0n) is 12.7. The molecule has 0 aromatic carbocycles. The Morgan fingerprint density at radius 2 is 2.19 bits per heavy atom. The minimum absolute atomic E-state index is 0.0191. The molecular weight excluding hydrogens is 268 g/mol. The van der Waals surface area contributed by atoms with Crippen LogP contribution in [0, 0.1) is 18.3 Å². The molecule has 2 fully saturated rings. The number of carbonyl (C=O) groups excluding carboxylic acids is 2. The second kappa shape index (κ2) is 6.95. The Kier molecular flexibility index (Phi) is 5.24. The number of likely N-dealkylation sites (tertiary alicyclic amines) is 1. The van der Waals surface area contributed by atoms with Crippen molar-refractivity contribution in [1.29, 1.82) is 0 Å². The third-order valence-corrected chi connectivity index (χ3v) is 4.50. The number of methoxy groups -OCH3 is 1. The van der Waals surface area contributed by atoms with Crippen molar-refractivity contribution < 1.29 is 14.3 Å². The van der Waals surface area contributed by atoms with E-state index >= 15 is 0 Å². The van der Waals surface area contributed by atoms with Crippen LogP contribution in [0.15, 0.2) is 0 Å². The second-order valence-corrected chi connectivity index (χ2v) is 6.01. The smallest absolute Gasteiger partial charge is 0.226 e. The highest BCUT2D eigenvalue weighted by Crippen LogP contribution is 2.28. The average molecular weight is 292 g/mol. The van der Waals surface area contributed by atoms with Crippen LogP contribution in [0.2, 0.25) is 0 Å². The Hall–Kier alpha value is -1.54. The van der Waals surface area contributed by atoms with Crippen LogP contribution in [-0.4, -0.2) is 49.1 Å². The zero-order valence-corrected chi connectivity index (χ0v) is 12.7. The van der Waals surface area contributed by atoms with Crippen molar-refractivity contribution in [3.8, 4) is 12.3 Å². The minimum Gasteiger partial charge on any atom is -0.383 e. The van der Waals surface area contributed by atoms with Gasteiger partial charge in [-0.2, -0.15) is 0 Å². The molecule has 5 nitrogen and oxygen atoms in total. The van der Waals surface area contributed by atoms with Crippen molar-refractivity contribution in [2.45, 2.75) is 44.1 Å². The van der Waals surface area contributed by atoms with E-state index in [-0.39, 0.29) is 24.2 Å². The number of nitrogens with one attached hydrogen (secondary N) is 1. The van der Waals surface area contributed by atoms with Gasteiger partial charge >= 0.3 is 0 Å². The van der Waals surface area contributed by atoms with Gasteiger partial charge < -0.3 is 15.0 Å². The van der Waals surface area contributed by atoms with Crippen molar-refractivity contribution >= 4 is 11.8 Å². The molecule has 1 N–H and O–H groups in total. The lowest BCUT2D eigenvalue weighted by atomic mass is 9.82. The van der Waals surface area contributed by atoms with Crippen LogP contribution in [0.4, 0.5) is 0 Å². The fourth-order valence-corrected chi connectivity index (χ4v) is 3.16. The van der Waals surface area contributed by atoms with Crippen LogP contribution < -0.4 is 5.32 Å². The van der Waals surface area contributed by atoms with Crippen molar-refractivity contribution in [1.82, 2.24) is 10.2 Å². The molecule has 0 spiro atoms. The molecule has 21 heavy (non-hydrogen) atoms. The summed E-state index contributed by atoms with van der Waals surface area (Å²) in [4.78, 5) is 26.0. The summed E-state index contributed by atoms with van der Waals surface area (Å²) >= 11 is 0. The molecule has 1 saturated heterocycles. The quantitative estimate of drug-likeness (QED) is 0.767. The van der Waals surface area contributed by atoms with Crippen LogP contribution in [0.3, 0.4) is 0 Å². The highest BCUT2D eigenvalue weighted by atomic mass is 16.5. The van der Waals surface area contributed by atoms with Crippen LogP contribution in [-0.2, 0) is 14.3 Å². The van der Waals surface area contributed by atoms with E-state index in [1.165, 1.54) is 6.42 Å². The summed E-state index contributed by atoms with van der Waals surface area (Å²) in [6, 6.07) is 0. The summed E-state index contributed by atoms with van der Waals surface area (Å²) in [5.74, 6) is 2.43. The highest BCUT2D eigenvalue weighted by Gasteiger charge is 2.38. The molecule has 1 saturated carbocycles. The van der Waals surface area contributed by atoms with Crippen LogP contribution in [0.1, 0.15) is 38.5 Å². The first-order chi connectivity index (χ1) is 10.1. The summed E-state index contributed by atoms with van der Waals surface area (Å²) < 4.78 is 4.98. The van der Waals surface area contributed by atoms with Crippen molar-refractivity contribution in [2.24, 2.45) is 5.92 Å². The molecule has 5 heteroatoms. The van der Waals surface area contributed by atoms with Gasteiger partial charge in [0.2, 0.25) is 11.8 Å². The Morgan fingerprint density at radius 1 is 1.48 bits per heavy atom. The molecule has 1 unspecified atom stereocenters. The monoisotopic (exact) mass is 292 g/mol. The largest absolute Gasteiger partial charge is 0.383 e. The molecule has 1 atom stereocenters. The molecule has 0 radical (unpaired) electrons. The van der Waals surface area contributed by atoms with Gasteiger partial charge in [0.05, 0.1) is 12.5 Å². The molecule has 2 rings (SSSR count). The van der Waals surface area contributed by atoms with E-state index in [0.717, 1.165) is 25.7 Å². The van der Waals surface area contributed by atoms with Crippen LogP contribution >= 0.6 is 0 Å². The molecule has 1 aliphatic heterocycles. The van der Waals surface area contributed by atoms with Gasteiger partial charge in [-0.25, -0.2) is 0 Å². The molecule has 1 aliphatic carbocycles. The topological polar surface area (TPSA) is 58.6 Å². The Bertz CT molecular complexity index is 435. The highest BCUT2D eigenvalue weighted by molar-refractivity contribution is 5.89. The molecule has 0 aromatic heterocycles. The standard InChI is InChI=1S/C16H24N2O3/c1-3-16(7-5-4-6-8-16)17-15(20)13-11-14(19)18(12-13)9-10-21-2/h1,13H,4-12H2,2H3,(H,17,20). The SMILES string of the molecule is C#CC1(NC(=O)C2CC(=O)N(CCOC)C2)CCCCC1. The van der Waals surface area contributed by atoms with Crippen molar-refractivity contribution in [3.05, 3.63) is 0 Å². The van der Waals surface area contributed by atoms with E-state index in [1.54, 1.807) is 12.0 Å². The van der Waals surface area contributed by atoms with Crippen LogP contribution in [0.5, 0.6) is 0 Å². The maximum atomic E-state index is 12.4. The van der Waals surface area contributed by atoms with Gasteiger partial charge in [-0.05, 0) is 12.8 Å². The molecule has 116 valence electrons. The van der Waals surface area contributed by atoms with E-state index in [0.29, 0.717) is 19.7 Å². The average Bonchev–Trinajstić information content (AvgIpc) is 2.87. The number of ether oxygens (including phenoxy) is 1. The van der Waals surface area contributed by atoms with Crippen molar-refractivity contribution in [2.75, 3.05) is 26.8 Å². The lowest BCUT2D eigenvalue weighted by Crippen LogP contribution is -2.51. The summed E-state index contributed by atoms with van der Waals surface area (Å²) in [7, 11) is 1.60. The fraction of sp³-hybridized carbons (Fsp3) is 0.750. The normalized spacial score (nSPS) is 24.7. The van der Waals surface area contributed by atoms with Gasteiger partial charge in [-0.1, -0.05) is 25.2 Å². The van der Waals surface area contributed by atoms with E-state index < -0.39 is 5.54 Å². The minimum atomic E-state index is -0.502. The zero-order chi connectivity index (χ0) is 15.3. The first-order valence-corrected chi connectivity index (χ1v) is 7.67. The van der Waals surface area contributed by atoms with E-state index in [9.17, 15) is 9.59 Å². The Labute approximate surface area is 126 Å². The number of amides is 2. The Morgan fingerprint density at radius 3 is 2.81 bits per heavy atom. The fourth-order valence-electron chi connectivity index (χ4n) is 3.16. The van der Waals surface area contributed by atoms with E-state index in [1.807, 2.05) is 0 Å². The predicted octanol–water partition coefficient (Wildman–Crippen LogP) is 0.934. The molecule has 2 amide bonds. The number of rotatable bonds is 5. The summed E-state index contributed by atoms with van der Waals surface area (Å²) in [5.41, 5.74) is -0.502. The van der Waals surface area contributed by atoms with Gasteiger partial charge in [0.15, 0.2) is 0 Å². The number of terminal acetylenes is 1. The van der Waals surface area contributed by atoms with Gasteiger partial charge in [0.1, 0.15) is 5.54 Å². The third-order valence-electron chi connectivity index (χ3n) is 4.50. The van der Waals surface area contributed by atoms with Gasteiger partial charge in [-0.3, -0.25) is 9.59 Å². The second-order valence-electron chi connectivity index (χ2n) is 6.01. The molecule has 0 aromatic rings. The maximum absolute atomic E-state index is 12.4. The summed E-state index contributed by atoms with van der Waals surface area (Å²) in [6.07, 6.45) is 10.9. The summed E-state index contributed by atoms with van der Waals surface area (Å²) in [5, 5.41) is 3.04. The molecule has 0 bridgehead atoms. The number of carbonyl (C=O) groups is 2. The third kappa shape index (κ3) is 3.76. The number of hydrogen-bond acceptors (Lipinski definition) is 3. The number of nitrogens with zero attached hydrogens (tertiary/aromatic N) is 1. The molecule has 1 heterocycles.